The smallest absolute Gasteiger partial charge is 0.271 e. The second-order valence-electron chi connectivity index (χ2n) is 5.32. The molecule has 0 atom stereocenters. The van der Waals surface area contributed by atoms with Gasteiger partial charge in [0.1, 0.15) is 5.69 Å². The molecule has 0 radical (unpaired) electrons. The third kappa shape index (κ3) is 4.28. The van der Waals surface area contributed by atoms with Crippen molar-refractivity contribution in [2.24, 2.45) is 5.92 Å². The average molecular weight is 262 g/mol. The molecule has 0 unspecified atom stereocenters. The number of piperidine rings is 1. The molecule has 1 aromatic rings. The Morgan fingerprint density at radius 2 is 2.11 bits per heavy atom. The molecule has 5 nitrogen and oxygen atoms in total. The molecule has 19 heavy (non-hydrogen) atoms. The van der Waals surface area contributed by atoms with Crippen LogP contribution in [0.3, 0.4) is 0 Å². The number of aromatic nitrogens is 2. The van der Waals surface area contributed by atoms with Crippen LogP contribution < -0.4 is 5.32 Å². The Morgan fingerprint density at radius 1 is 1.37 bits per heavy atom. The molecule has 1 fully saturated rings. The number of carbonyl (C=O) groups excluding carboxylic acids is 1. The van der Waals surface area contributed by atoms with Gasteiger partial charge in [-0.25, -0.2) is 4.98 Å². The second kappa shape index (κ2) is 6.61. The highest BCUT2D eigenvalue weighted by Crippen LogP contribution is 2.15. The topological polar surface area (TPSA) is 58.1 Å². The molecule has 5 heteroatoms. The van der Waals surface area contributed by atoms with E-state index in [0.29, 0.717) is 12.2 Å². The van der Waals surface area contributed by atoms with Crippen molar-refractivity contribution < 1.29 is 4.79 Å². The summed E-state index contributed by atoms with van der Waals surface area (Å²) in [5, 5.41) is 2.89. The van der Waals surface area contributed by atoms with Crippen LogP contribution in [0.4, 0.5) is 0 Å². The monoisotopic (exact) mass is 262 g/mol. The molecule has 0 aromatic carbocycles. The standard InChI is InChI=1S/C14H22N4O/c1-11-3-6-18(7-4-11)8-5-15-14(19)13-10-16-12(2)9-17-13/h9-11H,3-8H2,1-2H3,(H,15,19). The maximum atomic E-state index is 11.8. The SMILES string of the molecule is Cc1cnc(C(=O)NCCN2CCC(C)CC2)cn1. The lowest BCUT2D eigenvalue weighted by Crippen LogP contribution is -2.39. The number of aryl methyl sites for hydroxylation is 1. The van der Waals surface area contributed by atoms with Gasteiger partial charge in [0.2, 0.25) is 0 Å². The van der Waals surface area contributed by atoms with Crippen LogP contribution in [0.2, 0.25) is 0 Å². The van der Waals surface area contributed by atoms with E-state index in [0.717, 1.165) is 31.2 Å². The fourth-order valence-corrected chi connectivity index (χ4v) is 2.21. The van der Waals surface area contributed by atoms with Crippen molar-refractivity contribution in [1.29, 1.82) is 0 Å². The molecule has 1 aliphatic rings. The predicted octanol–water partition coefficient (Wildman–Crippen LogP) is 1.25. The molecule has 0 spiro atoms. The first kappa shape index (κ1) is 13.9. The van der Waals surface area contributed by atoms with Crippen molar-refractivity contribution in [3.8, 4) is 0 Å². The van der Waals surface area contributed by atoms with Crippen molar-refractivity contribution in [3.05, 3.63) is 23.8 Å². The van der Waals surface area contributed by atoms with Gasteiger partial charge in [0.05, 0.1) is 11.9 Å². The molecule has 0 saturated carbocycles. The average Bonchev–Trinajstić information content (AvgIpc) is 2.41. The zero-order valence-corrected chi connectivity index (χ0v) is 11.7. The van der Waals surface area contributed by atoms with Gasteiger partial charge >= 0.3 is 0 Å². The van der Waals surface area contributed by atoms with Crippen molar-refractivity contribution in [2.75, 3.05) is 26.2 Å². The third-order valence-electron chi connectivity index (χ3n) is 3.60. The number of hydrogen-bond acceptors (Lipinski definition) is 4. The van der Waals surface area contributed by atoms with Crippen LogP contribution >= 0.6 is 0 Å². The van der Waals surface area contributed by atoms with Crippen LogP contribution in [-0.2, 0) is 0 Å². The Kier molecular flexibility index (Phi) is 4.85. The maximum absolute atomic E-state index is 11.8. The summed E-state index contributed by atoms with van der Waals surface area (Å²) in [5.74, 6) is 0.701. The first-order chi connectivity index (χ1) is 9.15. The Balaban J connectivity index is 1.70. The van der Waals surface area contributed by atoms with E-state index in [1.54, 1.807) is 6.20 Å². The minimum atomic E-state index is -0.141. The van der Waals surface area contributed by atoms with Crippen LogP contribution in [0.1, 0.15) is 35.9 Å². The van der Waals surface area contributed by atoms with Crippen LogP contribution in [0.5, 0.6) is 0 Å². The van der Waals surface area contributed by atoms with Gasteiger partial charge in [-0.3, -0.25) is 9.78 Å². The van der Waals surface area contributed by atoms with Gasteiger partial charge in [-0.05, 0) is 38.8 Å². The van der Waals surface area contributed by atoms with E-state index in [1.165, 1.54) is 19.0 Å². The molecule has 2 heterocycles. The number of nitrogens with one attached hydrogen (secondary N) is 1. The lowest BCUT2D eigenvalue weighted by atomic mass is 9.99. The Morgan fingerprint density at radius 3 is 2.74 bits per heavy atom. The van der Waals surface area contributed by atoms with Gasteiger partial charge in [-0.15, -0.1) is 0 Å². The predicted molar refractivity (Wildman–Crippen MR) is 73.9 cm³/mol. The molecule has 1 aliphatic heterocycles. The molecule has 0 aliphatic carbocycles. The lowest BCUT2D eigenvalue weighted by Gasteiger charge is -2.30. The van der Waals surface area contributed by atoms with Crippen LogP contribution in [0.25, 0.3) is 0 Å². The Hall–Kier alpha value is -1.49. The summed E-state index contributed by atoms with van der Waals surface area (Å²) in [6, 6.07) is 0. The highest BCUT2D eigenvalue weighted by atomic mass is 16.1. The van der Waals surface area contributed by atoms with Crippen molar-refractivity contribution in [3.63, 3.8) is 0 Å². The number of likely N-dealkylation sites (tertiary alicyclic amines) is 1. The molecule has 104 valence electrons. The van der Waals surface area contributed by atoms with Gasteiger partial charge in [-0.1, -0.05) is 6.92 Å². The maximum Gasteiger partial charge on any atom is 0.271 e. The number of nitrogens with zero attached hydrogens (tertiary/aromatic N) is 3. The Labute approximate surface area is 114 Å². The van der Waals surface area contributed by atoms with Crippen LogP contribution in [-0.4, -0.2) is 47.0 Å². The summed E-state index contributed by atoms with van der Waals surface area (Å²) < 4.78 is 0. The third-order valence-corrected chi connectivity index (χ3v) is 3.60. The normalized spacial score (nSPS) is 17.4. The highest BCUT2D eigenvalue weighted by Gasteiger charge is 2.15. The molecule has 0 bridgehead atoms. The highest BCUT2D eigenvalue weighted by molar-refractivity contribution is 5.91. The summed E-state index contributed by atoms with van der Waals surface area (Å²) >= 11 is 0. The van der Waals surface area contributed by atoms with Crippen molar-refractivity contribution >= 4 is 5.91 Å². The van der Waals surface area contributed by atoms with Gasteiger partial charge in [0, 0.05) is 19.3 Å². The molecule has 2 rings (SSSR count). The molecule has 1 amide bonds. The summed E-state index contributed by atoms with van der Waals surface area (Å²) in [7, 11) is 0. The van der Waals surface area contributed by atoms with Gasteiger partial charge in [0.25, 0.3) is 5.91 Å². The van der Waals surface area contributed by atoms with Gasteiger partial charge in [0.15, 0.2) is 0 Å². The van der Waals surface area contributed by atoms with Crippen LogP contribution in [0, 0.1) is 12.8 Å². The van der Waals surface area contributed by atoms with E-state index < -0.39 is 0 Å². The molecule has 1 N–H and O–H groups in total. The summed E-state index contributed by atoms with van der Waals surface area (Å²) in [5.41, 5.74) is 1.21. The fraction of sp³-hybridized carbons (Fsp3) is 0.643. The van der Waals surface area contributed by atoms with E-state index in [1.807, 2.05) is 6.92 Å². The molecule has 1 aromatic heterocycles. The Bertz CT molecular complexity index is 410. The van der Waals surface area contributed by atoms with E-state index in [4.69, 9.17) is 0 Å². The van der Waals surface area contributed by atoms with E-state index >= 15 is 0 Å². The number of amides is 1. The quantitative estimate of drug-likeness (QED) is 0.887. The first-order valence-corrected chi connectivity index (χ1v) is 6.94. The van der Waals surface area contributed by atoms with Crippen molar-refractivity contribution in [1.82, 2.24) is 20.2 Å². The minimum Gasteiger partial charge on any atom is -0.349 e. The van der Waals surface area contributed by atoms with E-state index in [-0.39, 0.29) is 5.91 Å². The van der Waals surface area contributed by atoms with E-state index in [2.05, 4.69) is 27.1 Å². The zero-order chi connectivity index (χ0) is 13.7. The van der Waals surface area contributed by atoms with E-state index in [9.17, 15) is 4.79 Å². The number of hydrogen-bond donors (Lipinski definition) is 1. The lowest BCUT2D eigenvalue weighted by molar-refractivity contribution is 0.0939. The fourth-order valence-electron chi connectivity index (χ4n) is 2.21. The van der Waals surface area contributed by atoms with Gasteiger partial charge in [-0.2, -0.15) is 0 Å². The molecular formula is C14H22N4O. The second-order valence-corrected chi connectivity index (χ2v) is 5.32. The minimum absolute atomic E-state index is 0.141. The van der Waals surface area contributed by atoms with Crippen LogP contribution in [0.15, 0.2) is 12.4 Å². The number of rotatable bonds is 4. The summed E-state index contributed by atoms with van der Waals surface area (Å²) in [6.45, 7) is 8.02. The number of carbonyl (C=O) groups is 1. The van der Waals surface area contributed by atoms with Crippen molar-refractivity contribution in [2.45, 2.75) is 26.7 Å². The zero-order valence-electron chi connectivity index (χ0n) is 11.7. The summed E-state index contributed by atoms with van der Waals surface area (Å²) in [6.07, 6.45) is 5.66. The van der Waals surface area contributed by atoms with Gasteiger partial charge < -0.3 is 10.2 Å². The summed E-state index contributed by atoms with van der Waals surface area (Å²) in [4.78, 5) is 22.4. The molecule has 1 saturated heterocycles. The molecular weight excluding hydrogens is 240 g/mol. The largest absolute Gasteiger partial charge is 0.349 e. The first-order valence-electron chi connectivity index (χ1n) is 6.94.